The molecule has 0 radical (unpaired) electrons. The third-order valence-electron chi connectivity index (χ3n) is 1.38. The summed E-state index contributed by atoms with van der Waals surface area (Å²) in [5.74, 6) is -0.0305. The van der Waals surface area contributed by atoms with E-state index in [1.165, 1.54) is 25.3 Å². The van der Waals surface area contributed by atoms with Gasteiger partial charge in [0.15, 0.2) is 0 Å². The van der Waals surface area contributed by atoms with Crippen LogP contribution in [0.15, 0.2) is 18.2 Å². The van der Waals surface area contributed by atoms with E-state index in [0.717, 1.165) is 0 Å². The standard InChI is InChI=1S/C8H8ClNO3/c1-13-8(12)10-5-2-3-7(11)6(9)4-5/h2-4,11H,1H3,(H,10,12). The highest BCUT2D eigenvalue weighted by molar-refractivity contribution is 6.32. The molecule has 0 aliphatic rings. The summed E-state index contributed by atoms with van der Waals surface area (Å²) in [4.78, 5) is 10.7. The van der Waals surface area contributed by atoms with Crippen LogP contribution in [0.5, 0.6) is 5.75 Å². The van der Waals surface area contributed by atoms with Crippen molar-refractivity contribution in [2.75, 3.05) is 12.4 Å². The molecule has 0 spiro atoms. The lowest BCUT2D eigenvalue weighted by Gasteiger charge is -2.04. The zero-order valence-electron chi connectivity index (χ0n) is 6.87. The minimum absolute atomic E-state index is 0.0305. The highest BCUT2D eigenvalue weighted by atomic mass is 35.5. The van der Waals surface area contributed by atoms with Gasteiger partial charge in [0.2, 0.25) is 0 Å². The Bertz CT molecular complexity index is 327. The summed E-state index contributed by atoms with van der Waals surface area (Å²) in [6.07, 6.45) is -0.582. The summed E-state index contributed by atoms with van der Waals surface area (Å²) in [5.41, 5.74) is 0.467. The fraction of sp³-hybridized carbons (Fsp3) is 0.125. The van der Waals surface area contributed by atoms with Crippen molar-refractivity contribution in [2.45, 2.75) is 0 Å². The molecule has 0 aliphatic heterocycles. The van der Waals surface area contributed by atoms with E-state index in [9.17, 15) is 4.79 Å². The number of carbonyl (C=O) groups excluding carboxylic acids is 1. The minimum atomic E-state index is -0.582. The van der Waals surface area contributed by atoms with Gasteiger partial charge in [0, 0.05) is 5.69 Å². The SMILES string of the molecule is COC(=O)Nc1ccc(O)c(Cl)c1. The summed E-state index contributed by atoms with van der Waals surface area (Å²) < 4.78 is 4.37. The lowest BCUT2D eigenvalue weighted by atomic mass is 10.3. The first-order valence-corrected chi connectivity index (χ1v) is 3.85. The third kappa shape index (κ3) is 2.52. The number of halogens is 1. The number of methoxy groups -OCH3 is 1. The Morgan fingerprint density at radius 2 is 2.31 bits per heavy atom. The largest absolute Gasteiger partial charge is 0.506 e. The average Bonchev–Trinajstić information content (AvgIpc) is 2.11. The Morgan fingerprint density at radius 1 is 1.62 bits per heavy atom. The molecule has 1 aromatic rings. The topological polar surface area (TPSA) is 58.6 Å². The number of nitrogens with one attached hydrogen (secondary N) is 1. The molecule has 0 heterocycles. The van der Waals surface area contributed by atoms with Crippen LogP contribution in [0.25, 0.3) is 0 Å². The molecule has 0 aromatic heterocycles. The number of ether oxygens (including phenoxy) is 1. The maximum Gasteiger partial charge on any atom is 0.411 e. The van der Waals surface area contributed by atoms with Gasteiger partial charge in [-0.05, 0) is 18.2 Å². The van der Waals surface area contributed by atoms with Crippen molar-refractivity contribution < 1.29 is 14.6 Å². The van der Waals surface area contributed by atoms with Gasteiger partial charge in [0.1, 0.15) is 5.75 Å². The number of amides is 1. The highest BCUT2D eigenvalue weighted by Crippen LogP contribution is 2.25. The van der Waals surface area contributed by atoms with Crippen molar-refractivity contribution in [3.05, 3.63) is 23.2 Å². The molecule has 0 atom stereocenters. The highest BCUT2D eigenvalue weighted by Gasteiger charge is 2.03. The van der Waals surface area contributed by atoms with E-state index in [1.54, 1.807) is 0 Å². The van der Waals surface area contributed by atoms with E-state index in [4.69, 9.17) is 16.7 Å². The quantitative estimate of drug-likeness (QED) is 0.685. The molecule has 0 unspecified atom stereocenters. The van der Waals surface area contributed by atoms with E-state index in [-0.39, 0.29) is 10.8 Å². The van der Waals surface area contributed by atoms with Gasteiger partial charge in [-0.2, -0.15) is 0 Å². The molecule has 4 nitrogen and oxygen atoms in total. The first-order chi connectivity index (χ1) is 6.13. The Labute approximate surface area is 80.1 Å². The molecule has 0 bridgehead atoms. The molecule has 0 saturated heterocycles. The van der Waals surface area contributed by atoms with E-state index in [2.05, 4.69) is 10.1 Å². The van der Waals surface area contributed by atoms with Crippen LogP contribution < -0.4 is 5.32 Å². The monoisotopic (exact) mass is 201 g/mol. The lowest BCUT2D eigenvalue weighted by Crippen LogP contribution is -2.10. The van der Waals surface area contributed by atoms with Gasteiger partial charge in [-0.1, -0.05) is 11.6 Å². The van der Waals surface area contributed by atoms with Crippen LogP contribution in [0.3, 0.4) is 0 Å². The number of hydrogen-bond acceptors (Lipinski definition) is 3. The smallest absolute Gasteiger partial charge is 0.411 e. The van der Waals surface area contributed by atoms with E-state index in [0.29, 0.717) is 5.69 Å². The van der Waals surface area contributed by atoms with Crippen molar-refractivity contribution in [2.24, 2.45) is 0 Å². The maximum atomic E-state index is 10.7. The van der Waals surface area contributed by atoms with Crippen molar-refractivity contribution in [3.8, 4) is 5.75 Å². The summed E-state index contributed by atoms with van der Waals surface area (Å²) in [7, 11) is 1.26. The number of carbonyl (C=O) groups is 1. The second kappa shape index (κ2) is 4.00. The molecule has 1 rings (SSSR count). The molecule has 1 aromatic carbocycles. The van der Waals surface area contributed by atoms with E-state index >= 15 is 0 Å². The molecule has 2 N–H and O–H groups in total. The van der Waals surface area contributed by atoms with Gasteiger partial charge in [-0.15, -0.1) is 0 Å². The molecule has 0 saturated carbocycles. The third-order valence-corrected chi connectivity index (χ3v) is 1.68. The molecular formula is C8H8ClNO3. The zero-order chi connectivity index (χ0) is 9.84. The molecule has 1 amide bonds. The molecule has 0 fully saturated rings. The predicted octanol–water partition coefficient (Wildman–Crippen LogP) is 2.22. The Morgan fingerprint density at radius 3 is 2.85 bits per heavy atom. The fourth-order valence-corrected chi connectivity index (χ4v) is 0.934. The Balaban J connectivity index is 2.79. The number of rotatable bonds is 1. The zero-order valence-corrected chi connectivity index (χ0v) is 7.63. The van der Waals surface area contributed by atoms with Crippen LogP contribution in [0.4, 0.5) is 10.5 Å². The fourth-order valence-electron chi connectivity index (χ4n) is 0.754. The Hall–Kier alpha value is -1.42. The van der Waals surface area contributed by atoms with Crippen LogP contribution >= 0.6 is 11.6 Å². The van der Waals surface area contributed by atoms with Gasteiger partial charge >= 0.3 is 6.09 Å². The number of benzene rings is 1. The molecular weight excluding hydrogens is 194 g/mol. The van der Waals surface area contributed by atoms with E-state index < -0.39 is 6.09 Å². The second-order valence-corrected chi connectivity index (χ2v) is 2.69. The number of hydrogen-bond donors (Lipinski definition) is 2. The van der Waals surface area contributed by atoms with Crippen molar-refractivity contribution in [1.82, 2.24) is 0 Å². The lowest BCUT2D eigenvalue weighted by molar-refractivity contribution is 0.187. The minimum Gasteiger partial charge on any atom is -0.506 e. The van der Waals surface area contributed by atoms with Gasteiger partial charge < -0.3 is 9.84 Å². The summed E-state index contributed by atoms with van der Waals surface area (Å²) in [6, 6.07) is 4.32. The average molecular weight is 202 g/mol. The molecule has 5 heteroatoms. The normalized spacial score (nSPS) is 9.38. The predicted molar refractivity (Wildman–Crippen MR) is 49.1 cm³/mol. The van der Waals surface area contributed by atoms with Gasteiger partial charge in [-0.25, -0.2) is 4.79 Å². The van der Waals surface area contributed by atoms with Gasteiger partial charge in [0.25, 0.3) is 0 Å². The van der Waals surface area contributed by atoms with Crippen molar-refractivity contribution in [3.63, 3.8) is 0 Å². The Kier molecular flexibility index (Phi) is 2.97. The van der Waals surface area contributed by atoms with Crippen LogP contribution in [-0.4, -0.2) is 18.3 Å². The number of anilines is 1. The second-order valence-electron chi connectivity index (χ2n) is 2.28. The number of phenolic OH excluding ortho intramolecular Hbond substituents is 1. The number of phenols is 1. The first kappa shape index (κ1) is 9.67. The molecule has 0 aliphatic carbocycles. The summed E-state index contributed by atoms with van der Waals surface area (Å²) in [6.45, 7) is 0. The summed E-state index contributed by atoms with van der Waals surface area (Å²) >= 11 is 5.60. The maximum absolute atomic E-state index is 10.7. The molecule has 70 valence electrons. The van der Waals surface area contributed by atoms with Crippen LogP contribution in [0, 0.1) is 0 Å². The van der Waals surface area contributed by atoms with Crippen LogP contribution in [0.1, 0.15) is 0 Å². The van der Waals surface area contributed by atoms with Gasteiger partial charge in [0.05, 0.1) is 12.1 Å². The summed E-state index contributed by atoms with van der Waals surface area (Å²) in [5, 5.41) is 11.6. The van der Waals surface area contributed by atoms with Crippen molar-refractivity contribution >= 4 is 23.4 Å². The van der Waals surface area contributed by atoms with Gasteiger partial charge in [-0.3, -0.25) is 5.32 Å². The van der Waals surface area contributed by atoms with Crippen molar-refractivity contribution in [1.29, 1.82) is 0 Å². The van der Waals surface area contributed by atoms with Crippen LogP contribution in [0.2, 0.25) is 5.02 Å². The van der Waals surface area contributed by atoms with E-state index in [1.807, 2.05) is 0 Å². The first-order valence-electron chi connectivity index (χ1n) is 3.47. The number of aromatic hydroxyl groups is 1. The molecule has 13 heavy (non-hydrogen) atoms. The van der Waals surface area contributed by atoms with Crippen LogP contribution in [-0.2, 0) is 4.74 Å².